The van der Waals surface area contributed by atoms with Crippen molar-refractivity contribution >= 4 is 71.6 Å². The van der Waals surface area contributed by atoms with Crippen molar-refractivity contribution in [3.8, 4) is 34.2 Å². The Kier molecular flexibility index (Phi) is 7.20. The van der Waals surface area contributed by atoms with Crippen molar-refractivity contribution in [3.05, 3.63) is 176 Å². The summed E-state index contributed by atoms with van der Waals surface area (Å²) in [5.41, 5.74) is 5.35. The molecule has 1 unspecified atom stereocenters. The van der Waals surface area contributed by atoms with Crippen molar-refractivity contribution in [2.24, 2.45) is 0 Å². The Balaban J connectivity index is 1.26. The molecule has 5 nitrogen and oxygen atoms in total. The zero-order valence-electron chi connectivity index (χ0n) is 27.8. The number of hydrogen-bond donors (Lipinski definition) is 0. The Morgan fingerprint density at radius 2 is 0.981 bits per heavy atom. The van der Waals surface area contributed by atoms with Gasteiger partial charge in [0, 0.05) is 58.5 Å². The molecule has 0 saturated carbocycles. The van der Waals surface area contributed by atoms with Crippen LogP contribution < -0.4 is 20.8 Å². The second-order valence-corrected chi connectivity index (χ2v) is 16.6. The van der Waals surface area contributed by atoms with Crippen molar-refractivity contribution in [2.75, 3.05) is 4.90 Å². The molecular weight excluding hydrogens is 676 g/mol. The van der Waals surface area contributed by atoms with Gasteiger partial charge in [-0.15, -0.1) is 11.3 Å². The summed E-state index contributed by atoms with van der Waals surface area (Å²) in [5.74, 6) is 1.68. The highest BCUT2D eigenvalue weighted by molar-refractivity contribution is 7.86. The van der Waals surface area contributed by atoms with Crippen LogP contribution in [0.3, 0.4) is 0 Å². The Bertz CT molecular complexity index is 2770. The molecule has 0 fully saturated rings. The predicted octanol–water partition coefficient (Wildman–Crippen LogP) is 10.7. The van der Waals surface area contributed by atoms with E-state index in [4.69, 9.17) is 15.0 Å². The van der Waals surface area contributed by atoms with Crippen LogP contribution in [-0.4, -0.2) is 15.0 Å². The third kappa shape index (κ3) is 4.91. The zero-order valence-corrected chi connectivity index (χ0v) is 29.5. The molecule has 0 saturated heterocycles. The van der Waals surface area contributed by atoms with Crippen LogP contribution in [-0.2, 0) is 4.57 Å². The van der Waals surface area contributed by atoms with Crippen LogP contribution in [0.5, 0.6) is 0 Å². The first-order chi connectivity index (χ1) is 25.6. The molecule has 1 aliphatic heterocycles. The molecule has 3 heterocycles. The fourth-order valence-corrected chi connectivity index (χ4v) is 11.5. The smallest absolute Gasteiger partial charge is 0.175 e. The van der Waals surface area contributed by atoms with Crippen molar-refractivity contribution in [2.45, 2.75) is 0 Å². The number of rotatable bonds is 5. The average Bonchev–Trinajstić information content (AvgIpc) is 3.59. The van der Waals surface area contributed by atoms with Crippen LogP contribution >= 0.6 is 18.5 Å². The molecule has 7 aromatic carbocycles. The van der Waals surface area contributed by atoms with Gasteiger partial charge in [0.2, 0.25) is 0 Å². The summed E-state index contributed by atoms with van der Waals surface area (Å²) in [6, 6.07) is 59.3. The largest absolute Gasteiger partial charge is 0.309 e. The highest BCUT2D eigenvalue weighted by atomic mass is 32.1. The number of aromatic nitrogens is 3. The minimum absolute atomic E-state index is 0.520. The number of nitrogens with zero attached hydrogens (tertiary/aromatic N) is 4. The summed E-state index contributed by atoms with van der Waals surface area (Å²) in [4.78, 5) is 17.2. The summed E-state index contributed by atoms with van der Waals surface area (Å²) in [6.45, 7) is 0. The molecule has 0 bridgehead atoms. The first kappa shape index (κ1) is 30.6. The lowest BCUT2D eigenvalue weighted by Crippen LogP contribution is -2.36. The Labute approximate surface area is 304 Å². The molecule has 0 N–H and O–H groups in total. The number of para-hydroxylation sites is 1. The first-order valence-corrected chi connectivity index (χ1v) is 19.7. The lowest BCUT2D eigenvalue weighted by Gasteiger charge is -2.38. The molecule has 0 spiro atoms. The lowest BCUT2D eigenvalue weighted by atomic mass is 10.1. The fourth-order valence-electron chi connectivity index (χ4n) is 7.25. The van der Waals surface area contributed by atoms with Gasteiger partial charge in [-0.2, -0.15) is 0 Å². The molecular formula is C45H29N4OPS. The maximum atomic E-state index is 16.4. The minimum atomic E-state index is -3.44. The molecule has 7 heteroatoms. The van der Waals surface area contributed by atoms with Crippen LogP contribution in [0, 0.1) is 0 Å². The van der Waals surface area contributed by atoms with Crippen molar-refractivity contribution in [1.29, 1.82) is 0 Å². The Morgan fingerprint density at radius 3 is 1.63 bits per heavy atom. The maximum absolute atomic E-state index is 16.4. The SMILES string of the molecule is O=P1(c2ccccc2)c2cc(-c3nc(-c4ccccc4)nc(-c4ccccc4)n3)ccc2N(c2ccccc2)c2cc3c(cc21)sc1ccccc13. The predicted molar refractivity (Wildman–Crippen MR) is 217 cm³/mol. The normalized spacial score (nSPS) is 15.0. The van der Waals surface area contributed by atoms with Crippen LogP contribution in [0.2, 0.25) is 0 Å². The first-order valence-electron chi connectivity index (χ1n) is 17.1. The van der Waals surface area contributed by atoms with E-state index in [2.05, 4.69) is 65.6 Å². The van der Waals surface area contributed by atoms with E-state index in [9.17, 15) is 0 Å². The number of fused-ring (bicyclic) bond motifs is 5. The van der Waals surface area contributed by atoms with E-state index in [0.717, 1.165) is 59.8 Å². The van der Waals surface area contributed by atoms with Crippen molar-refractivity contribution < 1.29 is 4.57 Å². The number of hydrogen-bond acceptors (Lipinski definition) is 6. The fraction of sp³-hybridized carbons (Fsp3) is 0. The van der Waals surface area contributed by atoms with E-state index in [1.54, 1.807) is 11.3 Å². The van der Waals surface area contributed by atoms with Gasteiger partial charge in [-0.3, -0.25) is 0 Å². The van der Waals surface area contributed by atoms with Crippen LogP contribution in [0.15, 0.2) is 176 Å². The molecule has 0 amide bonds. The van der Waals surface area contributed by atoms with Gasteiger partial charge in [-0.1, -0.05) is 127 Å². The Hall–Kier alpha value is -6.20. The summed E-state index contributed by atoms with van der Waals surface area (Å²) >= 11 is 1.74. The topological polar surface area (TPSA) is 59.0 Å². The van der Waals surface area contributed by atoms with Gasteiger partial charge < -0.3 is 9.46 Å². The molecule has 9 aromatic rings. The summed E-state index contributed by atoms with van der Waals surface area (Å²) in [7, 11) is -3.44. The molecule has 0 radical (unpaired) electrons. The van der Waals surface area contributed by atoms with Gasteiger partial charge in [-0.05, 0) is 48.5 Å². The molecule has 0 aliphatic carbocycles. The highest BCUT2D eigenvalue weighted by Gasteiger charge is 2.42. The molecule has 10 rings (SSSR count). The minimum Gasteiger partial charge on any atom is -0.309 e. The van der Waals surface area contributed by atoms with E-state index in [-0.39, 0.29) is 0 Å². The number of benzene rings is 7. The van der Waals surface area contributed by atoms with E-state index >= 15 is 4.57 Å². The second-order valence-electron chi connectivity index (χ2n) is 12.8. The molecule has 2 aromatic heterocycles. The van der Waals surface area contributed by atoms with Gasteiger partial charge in [-0.25, -0.2) is 15.0 Å². The van der Waals surface area contributed by atoms with E-state index < -0.39 is 7.14 Å². The van der Waals surface area contributed by atoms with Crippen molar-refractivity contribution in [1.82, 2.24) is 15.0 Å². The Morgan fingerprint density at radius 1 is 0.442 bits per heavy atom. The van der Waals surface area contributed by atoms with Crippen LogP contribution in [0.4, 0.5) is 17.1 Å². The third-order valence-electron chi connectivity index (χ3n) is 9.70. The van der Waals surface area contributed by atoms with Gasteiger partial charge in [0.25, 0.3) is 0 Å². The summed E-state index contributed by atoms with van der Waals surface area (Å²) < 4.78 is 18.7. The molecule has 52 heavy (non-hydrogen) atoms. The number of anilines is 3. The van der Waals surface area contributed by atoms with Gasteiger partial charge >= 0.3 is 0 Å². The monoisotopic (exact) mass is 704 g/mol. The van der Waals surface area contributed by atoms with Crippen LogP contribution in [0.1, 0.15) is 0 Å². The molecule has 1 aliphatic rings. The van der Waals surface area contributed by atoms with Gasteiger partial charge in [0.15, 0.2) is 24.6 Å². The van der Waals surface area contributed by atoms with Gasteiger partial charge in [0.05, 0.1) is 11.4 Å². The van der Waals surface area contributed by atoms with Crippen LogP contribution in [0.25, 0.3) is 54.3 Å². The maximum Gasteiger partial charge on any atom is 0.175 e. The van der Waals surface area contributed by atoms with Gasteiger partial charge in [0.1, 0.15) is 0 Å². The zero-order chi connectivity index (χ0) is 34.6. The summed E-state index contributed by atoms with van der Waals surface area (Å²) in [6.07, 6.45) is 0. The molecule has 246 valence electrons. The quantitative estimate of drug-likeness (QED) is 0.167. The standard InChI is InChI=1S/C45H29N4OPS/c50-51(34-21-11-4-12-22-34)39-27-32(45-47-43(30-15-5-1-6-16-30)46-44(48-45)31-17-7-2-8-18-31)25-26-37(39)49(33-19-9-3-10-20-33)38-28-36-35-23-13-14-24-41(35)52-42(36)29-40(38)51/h1-29H. The van der Waals surface area contributed by atoms with Crippen molar-refractivity contribution in [3.63, 3.8) is 0 Å². The second kappa shape index (κ2) is 12.2. The number of thiophene rings is 1. The summed E-state index contributed by atoms with van der Waals surface area (Å²) in [5, 5.41) is 4.71. The third-order valence-corrected chi connectivity index (χ3v) is 13.9. The highest BCUT2D eigenvalue weighted by Crippen LogP contribution is 2.56. The van der Waals surface area contributed by atoms with E-state index in [0.29, 0.717) is 17.5 Å². The average molecular weight is 705 g/mol. The van der Waals surface area contributed by atoms with E-state index in [1.807, 2.05) is 115 Å². The van der Waals surface area contributed by atoms with E-state index in [1.165, 1.54) is 10.1 Å². The molecule has 1 atom stereocenters. The lowest BCUT2D eigenvalue weighted by molar-refractivity contribution is 0.592.